The number of halogens is 1. The molecule has 22 heavy (non-hydrogen) atoms. The Morgan fingerprint density at radius 3 is 2.55 bits per heavy atom. The molecule has 1 heterocycles. The lowest BCUT2D eigenvalue weighted by molar-refractivity contribution is 0.478. The fraction of sp³-hybridized carbons (Fsp3) is 0.0556. The molecule has 0 saturated heterocycles. The second kappa shape index (κ2) is 5.07. The monoisotopic (exact) mass is 309 g/mol. The third-order valence-corrected chi connectivity index (χ3v) is 4.09. The van der Waals surface area contributed by atoms with E-state index in [0.717, 1.165) is 27.6 Å². The molecule has 2 nitrogen and oxygen atoms in total. The van der Waals surface area contributed by atoms with Crippen molar-refractivity contribution < 1.29 is 9.13 Å². The van der Waals surface area contributed by atoms with E-state index in [9.17, 15) is 4.39 Å². The Hall–Kier alpha value is -2.46. The van der Waals surface area contributed by atoms with Crippen molar-refractivity contribution >= 4 is 28.2 Å². The van der Waals surface area contributed by atoms with Crippen LogP contribution in [0.5, 0.6) is 5.75 Å². The van der Waals surface area contributed by atoms with Crippen molar-refractivity contribution in [3.63, 3.8) is 0 Å². The van der Waals surface area contributed by atoms with Crippen molar-refractivity contribution in [1.82, 2.24) is 5.32 Å². The van der Waals surface area contributed by atoms with Gasteiger partial charge in [-0.2, -0.15) is 0 Å². The number of fused-ring (bicyclic) bond motifs is 3. The third-order valence-electron chi connectivity index (χ3n) is 3.89. The van der Waals surface area contributed by atoms with Crippen molar-refractivity contribution in [3.05, 3.63) is 77.6 Å². The van der Waals surface area contributed by atoms with E-state index in [4.69, 9.17) is 17.0 Å². The number of hydrogen-bond donors (Lipinski definition) is 1. The fourth-order valence-corrected chi connectivity index (χ4v) is 3.09. The van der Waals surface area contributed by atoms with Gasteiger partial charge in [0, 0.05) is 5.56 Å². The molecule has 0 radical (unpaired) electrons. The van der Waals surface area contributed by atoms with E-state index in [-0.39, 0.29) is 11.9 Å². The Labute approximate surface area is 132 Å². The minimum absolute atomic E-state index is 0.150. The predicted octanol–water partition coefficient (Wildman–Crippen LogP) is 4.34. The van der Waals surface area contributed by atoms with E-state index < -0.39 is 0 Å². The maximum atomic E-state index is 13.2. The summed E-state index contributed by atoms with van der Waals surface area (Å²) >= 11 is 5.20. The molecule has 3 aromatic rings. The second-order valence-corrected chi connectivity index (χ2v) is 5.59. The van der Waals surface area contributed by atoms with Gasteiger partial charge in [-0.3, -0.25) is 0 Å². The third kappa shape index (κ3) is 2.12. The quantitative estimate of drug-likeness (QED) is 0.676. The molecule has 3 aromatic carbocycles. The normalized spacial score (nSPS) is 16.8. The Kier molecular flexibility index (Phi) is 3.05. The molecule has 1 aliphatic rings. The first-order valence-electron chi connectivity index (χ1n) is 6.98. The van der Waals surface area contributed by atoms with Gasteiger partial charge >= 0.3 is 0 Å². The number of ether oxygens (including phenoxy) is 1. The van der Waals surface area contributed by atoms with Gasteiger partial charge in [0.15, 0.2) is 0 Å². The highest BCUT2D eigenvalue weighted by Gasteiger charge is 2.27. The molecule has 1 atom stereocenters. The molecule has 0 bridgehead atoms. The first-order chi connectivity index (χ1) is 10.7. The fourth-order valence-electron chi connectivity index (χ4n) is 2.89. The van der Waals surface area contributed by atoms with Crippen LogP contribution < -0.4 is 10.1 Å². The number of nitrogens with one attached hydrogen (secondary N) is 1. The predicted molar refractivity (Wildman–Crippen MR) is 88.6 cm³/mol. The Morgan fingerprint density at radius 1 is 0.955 bits per heavy atom. The molecule has 4 rings (SSSR count). The van der Waals surface area contributed by atoms with E-state index in [2.05, 4.69) is 17.4 Å². The van der Waals surface area contributed by atoms with Gasteiger partial charge in [0.2, 0.25) is 0 Å². The molecular formula is C18H12FNOS. The Bertz CT molecular complexity index is 876. The van der Waals surface area contributed by atoms with E-state index in [1.807, 2.05) is 24.3 Å². The zero-order valence-corrected chi connectivity index (χ0v) is 12.4. The summed E-state index contributed by atoms with van der Waals surface area (Å²) in [4.78, 5) is 0. The van der Waals surface area contributed by atoms with Gasteiger partial charge in [-0.25, -0.2) is 4.39 Å². The summed E-state index contributed by atoms with van der Waals surface area (Å²) in [7, 11) is 0. The number of benzene rings is 3. The lowest BCUT2D eigenvalue weighted by Crippen LogP contribution is -2.36. The van der Waals surface area contributed by atoms with Crippen LogP contribution in [0.4, 0.5) is 4.39 Å². The van der Waals surface area contributed by atoms with Crippen LogP contribution in [0.15, 0.2) is 60.7 Å². The van der Waals surface area contributed by atoms with Crippen molar-refractivity contribution in [2.75, 3.05) is 0 Å². The summed E-state index contributed by atoms with van der Waals surface area (Å²) in [5.41, 5.74) is 1.97. The van der Waals surface area contributed by atoms with Gasteiger partial charge in [0.05, 0.1) is 6.04 Å². The van der Waals surface area contributed by atoms with Crippen molar-refractivity contribution in [2.24, 2.45) is 0 Å². The van der Waals surface area contributed by atoms with Gasteiger partial charge in [0.1, 0.15) is 11.6 Å². The molecular weight excluding hydrogens is 297 g/mol. The minimum Gasteiger partial charge on any atom is -0.432 e. The molecule has 0 aromatic heterocycles. The molecule has 0 saturated carbocycles. The Morgan fingerprint density at radius 2 is 1.73 bits per heavy atom. The first-order valence-corrected chi connectivity index (χ1v) is 7.39. The average molecular weight is 309 g/mol. The largest absolute Gasteiger partial charge is 0.432 e. The Balaban J connectivity index is 1.97. The summed E-state index contributed by atoms with van der Waals surface area (Å²) in [5.74, 6) is 0.494. The zero-order chi connectivity index (χ0) is 15.1. The first kappa shape index (κ1) is 13.2. The highest BCUT2D eigenvalue weighted by Crippen LogP contribution is 2.38. The molecule has 108 valence electrons. The van der Waals surface area contributed by atoms with E-state index in [0.29, 0.717) is 5.17 Å². The lowest BCUT2D eigenvalue weighted by atomic mass is 9.92. The summed E-state index contributed by atoms with van der Waals surface area (Å²) in [6.07, 6.45) is 0. The highest BCUT2D eigenvalue weighted by atomic mass is 32.1. The second-order valence-electron chi connectivity index (χ2n) is 5.22. The summed E-state index contributed by atoms with van der Waals surface area (Å²) in [6, 6.07) is 18.4. The number of thiocarbonyl (C=S) groups is 1. The van der Waals surface area contributed by atoms with Crippen LogP contribution >= 0.6 is 12.2 Å². The van der Waals surface area contributed by atoms with E-state index in [1.54, 1.807) is 12.1 Å². The zero-order valence-electron chi connectivity index (χ0n) is 11.5. The molecule has 1 aliphatic heterocycles. The smallest absolute Gasteiger partial charge is 0.262 e. The molecule has 1 unspecified atom stereocenters. The number of hydrogen-bond acceptors (Lipinski definition) is 2. The van der Waals surface area contributed by atoms with Crippen molar-refractivity contribution in [1.29, 1.82) is 0 Å². The van der Waals surface area contributed by atoms with Gasteiger partial charge in [-0.15, -0.1) is 0 Å². The summed E-state index contributed by atoms with van der Waals surface area (Å²) in [5, 5.41) is 5.75. The van der Waals surface area contributed by atoms with Crippen LogP contribution in [-0.4, -0.2) is 5.17 Å². The molecule has 0 amide bonds. The van der Waals surface area contributed by atoms with Crippen LogP contribution in [0.1, 0.15) is 17.2 Å². The van der Waals surface area contributed by atoms with Crippen LogP contribution in [0, 0.1) is 5.82 Å². The average Bonchev–Trinajstić information content (AvgIpc) is 2.54. The standard InChI is InChI=1S/C18H12FNOS/c19-13-8-5-12(6-9-13)17-16-14-4-2-1-3-11(14)7-10-15(16)21-18(22)20-17/h1-10,17H,(H,20,22). The van der Waals surface area contributed by atoms with Crippen LogP contribution in [0.2, 0.25) is 0 Å². The SMILES string of the molecule is Fc1ccc(C2NC(=S)Oc3ccc4ccccc4c32)cc1. The van der Waals surface area contributed by atoms with Crippen LogP contribution in [0.3, 0.4) is 0 Å². The maximum absolute atomic E-state index is 13.2. The topological polar surface area (TPSA) is 21.3 Å². The minimum atomic E-state index is -0.253. The van der Waals surface area contributed by atoms with Crippen LogP contribution in [-0.2, 0) is 0 Å². The van der Waals surface area contributed by atoms with E-state index in [1.165, 1.54) is 12.1 Å². The number of rotatable bonds is 1. The highest BCUT2D eigenvalue weighted by molar-refractivity contribution is 7.80. The molecule has 0 fully saturated rings. The van der Waals surface area contributed by atoms with Crippen molar-refractivity contribution in [2.45, 2.75) is 6.04 Å². The molecule has 0 spiro atoms. The van der Waals surface area contributed by atoms with Gasteiger partial charge in [-0.05, 0) is 46.8 Å². The lowest BCUT2D eigenvalue weighted by Gasteiger charge is -2.29. The summed E-state index contributed by atoms with van der Waals surface area (Å²) in [6.45, 7) is 0. The van der Waals surface area contributed by atoms with Crippen molar-refractivity contribution in [3.8, 4) is 5.75 Å². The van der Waals surface area contributed by atoms with Gasteiger partial charge in [0.25, 0.3) is 5.17 Å². The van der Waals surface area contributed by atoms with Gasteiger partial charge in [-0.1, -0.05) is 42.5 Å². The summed E-state index contributed by atoms with van der Waals surface area (Å²) < 4.78 is 18.9. The van der Waals surface area contributed by atoms with Crippen LogP contribution in [0.25, 0.3) is 10.8 Å². The van der Waals surface area contributed by atoms with Gasteiger partial charge < -0.3 is 10.1 Å². The molecule has 0 aliphatic carbocycles. The van der Waals surface area contributed by atoms with E-state index >= 15 is 0 Å². The maximum Gasteiger partial charge on any atom is 0.262 e. The molecule has 4 heteroatoms. The molecule has 1 N–H and O–H groups in total.